The van der Waals surface area contributed by atoms with Crippen LogP contribution < -0.4 is 11.0 Å². The highest BCUT2D eigenvalue weighted by atomic mass is 32.1. The first-order chi connectivity index (χ1) is 11.7. The Kier molecular flexibility index (Phi) is 3.87. The number of rotatable bonds is 3. The van der Waals surface area contributed by atoms with Crippen LogP contribution in [0, 0.1) is 30.9 Å². The molecule has 130 valence electrons. The molecule has 0 aliphatic heterocycles. The van der Waals surface area contributed by atoms with Gasteiger partial charge in [-0.3, -0.25) is 29.8 Å². The quantitative estimate of drug-likeness (QED) is 0.555. The van der Waals surface area contributed by atoms with E-state index in [1.807, 2.05) is 6.92 Å². The standard InChI is InChI=1S/C14H14N6O4S/c1-6-5-9-13(25-6)15-8(3)19(14(9)22)17-12(21)11-10(20(23)24)7(2)16-18(11)4/h5H,1-4H3,(H,17,21). The van der Waals surface area contributed by atoms with Crippen molar-refractivity contribution >= 4 is 33.1 Å². The fourth-order valence-corrected chi connectivity index (χ4v) is 3.52. The predicted molar refractivity (Wildman–Crippen MR) is 91.6 cm³/mol. The van der Waals surface area contributed by atoms with Crippen LogP contribution in [-0.4, -0.2) is 30.3 Å². The second-order valence-corrected chi connectivity index (χ2v) is 6.71. The molecule has 0 aliphatic rings. The number of amides is 1. The van der Waals surface area contributed by atoms with Gasteiger partial charge in [0.1, 0.15) is 16.3 Å². The summed E-state index contributed by atoms with van der Waals surface area (Å²) < 4.78 is 2.10. The molecular formula is C14H14N6O4S. The number of nitrogens with zero attached hydrogens (tertiary/aromatic N) is 5. The summed E-state index contributed by atoms with van der Waals surface area (Å²) in [4.78, 5) is 41.5. The van der Waals surface area contributed by atoms with Gasteiger partial charge in [-0.1, -0.05) is 0 Å². The van der Waals surface area contributed by atoms with Gasteiger partial charge in [-0.15, -0.1) is 11.3 Å². The van der Waals surface area contributed by atoms with E-state index in [0.717, 1.165) is 14.2 Å². The molecule has 1 amide bonds. The Labute approximate surface area is 144 Å². The molecule has 3 heterocycles. The minimum Gasteiger partial charge on any atom is -0.267 e. The highest BCUT2D eigenvalue weighted by Crippen LogP contribution is 2.23. The molecule has 3 rings (SSSR count). The SMILES string of the molecule is Cc1cc2c(=O)n(NC(=O)c3c([N+](=O)[O-])c(C)nn3C)c(C)nc2s1. The Morgan fingerprint density at radius 3 is 2.68 bits per heavy atom. The maximum Gasteiger partial charge on any atom is 0.322 e. The van der Waals surface area contributed by atoms with Crippen molar-refractivity contribution in [1.82, 2.24) is 19.4 Å². The van der Waals surface area contributed by atoms with E-state index in [1.54, 1.807) is 13.0 Å². The molecule has 0 saturated carbocycles. The van der Waals surface area contributed by atoms with Gasteiger partial charge in [0.15, 0.2) is 0 Å². The van der Waals surface area contributed by atoms with Gasteiger partial charge < -0.3 is 0 Å². The smallest absolute Gasteiger partial charge is 0.267 e. The molecule has 3 aromatic heterocycles. The van der Waals surface area contributed by atoms with Crippen LogP contribution in [0.15, 0.2) is 10.9 Å². The lowest BCUT2D eigenvalue weighted by Crippen LogP contribution is -2.36. The fraction of sp³-hybridized carbons (Fsp3) is 0.286. The molecular weight excluding hydrogens is 348 g/mol. The highest BCUT2D eigenvalue weighted by Gasteiger charge is 2.30. The number of nitrogens with one attached hydrogen (secondary N) is 1. The summed E-state index contributed by atoms with van der Waals surface area (Å²) in [5, 5.41) is 15.5. The zero-order valence-corrected chi connectivity index (χ0v) is 14.7. The second kappa shape index (κ2) is 5.77. The molecule has 0 saturated heterocycles. The van der Waals surface area contributed by atoms with Crippen molar-refractivity contribution in [3.8, 4) is 0 Å². The predicted octanol–water partition coefficient (Wildman–Crippen LogP) is 1.41. The number of carbonyl (C=O) groups excluding carboxylic acids is 1. The molecule has 0 radical (unpaired) electrons. The van der Waals surface area contributed by atoms with Crippen molar-refractivity contribution in [3.63, 3.8) is 0 Å². The third-order valence-corrected chi connectivity index (χ3v) is 4.60. The normalized spacial score (nSPS) is 11.0. The van der Waals surface area contributed by atoms with E-state index < -0.39 is 22.1 Å². The van der Waals surface area contributed by atoms with Crippen LogP contribution in [0.4, 0.5) is 5.69 Å². The average molecular weight is 362 g/mol. The summed E-state index contributed by atoms with van der Waals surface area (Å²) >= 11 is 1.38. The van der Waals surface area contributed by atoms with Crippen molar-refractivity contribution in [2.24, 2.45) is 7.05 Å². The van der Waals surface area contributed by atoms with Gasteiger partial charge in [0, 0.05) is 11.9 Å². The number of aryl methyl sites for hydroxylation is 4. The molecule has 0 atom stereocenters. The van der Waals surface area contributed by atoms with Gasteiger partial charge >= 0.3 is 5.69 Å². The van der Waals surface area contributed by atoms with Crippen LogP contribution >= 0.6 is 11.3 Å². The fourth-order valence-electron chi connectivity index (χ4n) is 2.61. The minimum atomic E-state index is -0.812. The molecule has 3 aromatic rings. The summed E-state index contributed by atoms with van der Waals surface area (Å²) in [6.07, 6.45) is 0. The van der Waals surface area contributed by atoms with Gasteiger partial charge in [-0.2, -0.15) is 5.10 Å². The van der Waals surface area contributed by atoms with Crippen molar-refractivity contribution in [2.45, 2.75) is 20.8 Å². The van der Waals surface area contributed by atoms with Crippen LogP contribution in [0.2, 0.25) is 0 Å². The molecule has 0 fully saturated rings. The van der Waals surface area contributed by atoms with Gasteiger partial charge in [0.2, 0.25) is 5.69 Å². The molecule has 0 spiro atoms. The number of hydrogen-bond acceptors (Lipinski definition) is 7. The first-order valence-electron chi connectivity index (χ1n) is 7.20. The summed E-state index contributed by atoms with van der Waals surface area (Å²) in [6.45, 7) is 4.86. The van der Waals surface area contributed by atoms with Crippen molar-refractivity contribution in [3.05, 3.63) is 48.6 Å². The van der Waals surface area contributed by atoms with Crippen LogP contribution in [0.3, 0.4) is 0 Å². The van der Waals surface area contributed by atoms with E-state index in [-0.39, 0.29) is 17.2 Å². The summed E-state index contributed by atoms with van der Waals surface area (Å²) in [7, 11) is 1.42. The number of thiophene rings is 1. The monoisotopic (exact) mass is 362 g/mol. The number of nitro groups is 1. The molecule has 0 aromatic carbocycles. The lowest BCUT2D eigenvalue weighted by Gasteiger charge is -2.10. The van der Waals surface area contributed by atoms with E-state index in [4.69, 9.17) is 0 Å². The van der Waals surface area contributed by atoms with E-state index in [2.05, 4.69) is 15.5 Å². The van der Waals surface area contributed by atoms with Crippen molar-refractivity contribution < 1.29 is 9.72 Å². The molecule has 25 heavy (non-hydrogen) atoms. The van der Waals surface area contributed by atoms with Crippen LogP contribution in [0.25, 0.3) is 10.2 Å². The van der Waals surface area contributed by atoms with Gasteiger partial charge in [0.05, 0.1) is 10.3 Å². The maximum atomic E-state index is 12.6. The van der Waals surface area contributed by atoms with Gasteiger partial charge in [-0.05, 0) is 26.8 Å². The lowest BCUT2D eigenvalue weighted by atomic mass is 10.3. The Balaban J connectivity index is 2.10. The number of carbonyl (C=O) groups is 1. The Hall–Kier alpha value is -3.08. The highest BCUT2D eigenvalue weighted by molar-refractivity contribution is 7.18. The first-order valence-corrected chi connectivity index (χ1v) is 8.01. The maximum absolute atomic E-state index is 12.6. The molecule has 11 heteroatoms. The third-order valence-electron chi connectivity index (χ3n) is 3.66. The molecule has 0 unspecified atom stereocenters. The number of fused-ring (bicyclic) bond motifs is 1. The van der Waals surface area contributed by atoms with Crippen molar-refractivity contribution in [2.75, 3.05) is 5.43 Å². The summed E-state index contributed by atoms with van der Waals surface area (Å²) in [5.74, 6) is -0.539. The number of aromatic nitrogens is 4. The van der Waals surface area contributed by atoms with E-state index in [1.165, 1.54) is 25.3 Å². The van der Waals surface area contributed by atoms with E-state index >= 15 is 0 Å². The lowest BCUT2D eigenvalue weighted by molar-refractivity contribution is -0.385. The van der Waals surface area contributed by atoms with Gasteiger partial charge in [-0.25, -0.2) is 9.66 Å². The second-order valence-electron chi connectivity index (χ2n) is 5.48. The molecule has 1 N–H and O–H groups in total. The van der Waals surface area contributed by atoms with Crippen LogP contribution in [0.5, 0.6) is 0 Å². The molecule has 0 bridgehead atoms. The first kappa shape index (κ1) is 16.8. The largest absolute Gasteiger partial charge is 0.322 e. The van der Waals surface area contributed by atoms with E-state index in [9.17, 15) is 19.7 Å². The summed E-state index contributed by atoms with van der Waals surface area (Å²) in [5.41, 5.74) is 1.42. The number of hydrogen-bond donors (Lipinski definition) is 1. The van der Waals surface area contributed by atoms with Gasteiger partial charge in [0.25, 0.3) is 11.5 Å². The topological polar surface area (TPSA) is 125 Å². The minimum absolute atomic E-state index is 0.115. The van der Waals surface area contributed by atoms with E-state index in [0.29, 0.717) is 10.2 Å². The molecule has 10 nitrogen and oxygen atoms in total. The third kappa shape index (κ3) is 2.67. The Morgan fingerprint density at radius 2 is 2.04 bits per heavy atom. The Morgan fingerprint density at radius 1 is 1.36 bits per heavy atom. The summed E-state index contributed by atoms with van der Waals surface area (Å²) in [6, 6.07) is 1.69. The zero-order chi connectivity index (χ0) is 18.5. The zero-order valence-electron chi connectivity index (χ0n) is 13.9. The van der Waals surface area contributed by atoms with Crippen LogP contribution in [0.1, 0.15) is 26.9 Å². The van der Waals surface area contributed by atoms with Crippen molar-refractivity contribution in [1.29, 1.82) is 0 Å². The van der Waals surface area contributed by atoms with Crippen LogP contribution in [-0.2, 0) is 7.05 Å². The molecule has 0 aliphatic carbocycles. The average Bonchev–Trinajstić information content (AvgIpc) is 3.02. The Bertz CT molecular complexity index is 1090.